The van der Waals surface area contributed by atoms with Gasteiger partial charge in [0.05, 0.1) is 0 Å². The van der Waals surface area contributed by atoms with Gasteiger partial charge >= 0.3 is 5.97 Å². The summed E-state index contributed by atoms with van der Waals surface area (Å²) in [6.45, 7) is 0. The Bertz CT molecular complexity index is 192. The molecule has 0 atom stereocenters. The lowest BCUT2D eigenvalue weighted by molar-refractivity contribution is -0.137. The van der Waals surface area contributed by atoms with Gasteiger partial charge in [0.1, 0.15) is 0 Å². The third-order valence-electron chi connectivity index (χ3n) is 2.01. The lowest BCUT2D eigenvalue weighted by Crippen LogP contribution is -1.95. The topological polar surface area (TPSA) is 37.3 Å². The van der Waals surface area contributed by atoms with E-state index in [9.17, 15) is 4.79 Å². The molecule has 0 saturated heterocycles. The number of allylic oxidation sites excluding steroid dienone is 4. The van der Waals surface area contributed by atoms with Crippen LogP contribution >= 0.6 is 0 Å². The molecular weight excluding hydrogens is 152 g/mol. The van der Waals surface area contributed by atoms with Crippen molar-refractivity contribution in [3.63, 3.8) is 0 Å². The molecule has 0 bridgehead atoms. The van der Waals surface area contributed by atoms with Crippen molar-refractivity contribution in [3.8, 4) is 0 Å². The summed E-state index contributed by atoms with van der Waals surface area (Å²) in [5, 5.41) is 8.38. The molecule has 0 aromatic carbocycles. The van der Waals surface area contributed by atoms with Crippen molar-refractivity contribution in [2.75, 3.05) is 0 Å². The Labute approximate surface area is 72.6 Å². The first-order chi connectivity index (χ1) is 5.79. The molecule has 0 aliphatic heterocycles. The number of rotatable bonds is 5. The van der Waals surface area contributed by atoms with Crippen LogP contribution in [0.25, 0.3) is 0 Å². The molecule has 1 aliphatic rings. The first kappa shape index (κ1) is 9.04. The van der Waals surface area contributed by atoms with E-state index >= 15 is 0 Å². The van der Waals surface area contributed by atoms with E-state index in [1.54, 1.807) is 0 Å². The summed E-state index contributed by atoms with van der Waals surface area (Å²) < 4.78 is 0. The number of carboxylic acid groups (broad SMARTS) is 1. The van der Waals surface area contributed by atoms with Gasteiger partial charge in [-0.05, 0) is 18.8 Å². The molecule has 0 aromatic heterocycles. The fourth-order valence-corrected chi connectivity index (χ4v) is 1.33. The average Bonchev–Trinajstić information content (AvgIpc) is 2.49. The zero-order valence-corrected chi connectivity index (χ0v) is 7.07. The molecule has 0 amide bonds. The second kappa shape index (κ2) is 4.75. The zero-order valence-electron chi connectivity index (χ0n) is 7.07. The van der Waals surface area contributed by atoms with Crippen molar-refractivity contribution >= 4 is 5.97 Å². The molecule has 0 spiro atoms. The van der Waals surface area contributed by atoms with Crippen molar-refractivity contribution in [3.05, 3.63) is 24.3 Å². The van der Waals surface area contributed by atoms with E-state index in [2.05, 4.69) is 12.2 Å². The predicted octanol–water partition coefficient (Wildman–Crippen LogP) is 2.37. The molecule has 1 N–H and O–H groups in total. The van der Waals surface area contributed by atoms with Crippen LogP contribution in [0.1, 0.15) is 25.7 Å². The highest BCUT2D eigenvalue weighted by molar-refractivity contribution is 5.66. The second-order valence-corrected chi connectivity index (χ2v) is 3.07. The van der Waals surface area contributed by atoms with Crippen LogP contribution in [0, 0.1) is 5.92 Å². The zero-order chi connectivity index (χ0) is 8.81. The Morgan fingerprint density at radius 1 is 1.25 bits per heavy atom. The Morgan fingerprint density at radius 2 is 1.92 bits per heavy atom. The number of carbonyl (C=O) groups is 1. The lowest BCUT2D eigenvalue weighted by atomic mass is 10.0. The third kappa shape index (κ3) is 3.37. The van der Waals surface area contributed by atoms with Gasteiger partial charge in [0.15, 0.2) is 0 Å². The van der Waals surface area contributed by atoms with E-state index in [4.69, 9.17) is 5.11 Å². The fourth-order valence-electron chi connectivity index (χ4n) is 1.33. The van der Waals surface area contributed by atoms with Gasteiger partial charge in [-0.25, -0.2) is 0 Å². The number of hydrogen-bond acceptors (Lipinski definition) is 1. The average molecular weight is 166 g/mol. The molecule has 12 heavy (non-hydrogen) atoms. The van der Waals surface area contributed by atoms with E-state index in [-0.39, 0.29) is 0 Å². The van der Waals surface area contributed by atoms with Crippen molar-refractivity contribution in [1.82, 2.24) is 0 Å². The first-order valence-corrected chi connectivity index (χ1v) is 4.36. The minimum Gasteiger partial charge on any atom is -0.481 e. The van der Waals surface area contributed by atoms with E-state index in [1.165, 1.54) is 0 Å². The van der Waals surface area contributed by atoms with Crippen molar-refractivity contribution in [1.29, 1.82) is 0 Å². The van der Waals surface area contributed by atoms with Crippen LogP contribution in [-0.2, 0) is 4.79 Å². The maximum atomic E-state index is 10.2. The normalized spacial score (nSPS) is 15.7. The van der Waals surface area contributed by atoms with E-state index < -0.39 is 5.97 Å². The number of hydrogen-bond donors (Lipinski definition) is 1. The Morgan fingerprint density at radius 3 is 2.50 bits per heavy atom. The molecule has 1 rings (SSSR count). The summed E-state index contributed by atoms with van der Waals surface area (Å²) in [6, 6.07) is 0. The van der Waals surface area contributed by atoms with Crippen molar-refractivity contribution < 1.29 is 9.90 Å². The summed E-state index contributed by atoms with van der Waals surface area (Å²) in [7, 11) is 0. The largest absolute Gasteiger partial charge is 0.481 e. The fraction of sp³-hybridized carbons (Fsp3) is 0.500. The maximum Gasteiger partial charge on any atom is 0.303 e. The molecule has 0 unspecified atom stereocenters. The Balaban J connectivity index is 1.99. The summed E-state index contributed by atoms with van der Waals surface area (Å²) >= 11 is 0. The Hall–Kier alpha value is -1.05. The first-order valence-electron chi connectivity index (χ1n) is 4.36. The maximum absolute atomic E-state index is 10.2. The van der Waals surface area contributed by atoms with Crippen LogP contribution in [0.4, 0.5) is 0 Å². The quantitative estimate of drug-likeness (QED) is 0.636. The molecule has 0 radical (unpaired) electrons. The van der Waals surface area contributed by atoms with Gasteiger partial charge in [-0.1, -0.05) is 30.7 Å². The monoisotopic (exact) mass is 166 g/mol. The summed E-state index contributed by atoms with van der Waals surface area (Å²) in [5.74, 6) is -0.133. The number of carboxylic acids is 1. The molecule has 2 nitrogen and oxygen atoms in total. The molecule has 0 fully saturated rings. The third-order valence-corrected chi connectivity index (χ3v) is 2.01. The van der Waals surface area contributed by atoms with Crippen LogP contribution < -0.4 is 0 Å². The smallest absolute Gasteiger partial charge is 0.303 e. The van der Waals surface area contributed by atoms with E-state index in [1.807, 2.05) is 12.2 Å². The molecule has 0 heterocycles. The van der Waals surface area contributed by atoms with Crippen LogP contribution in [0.15, 0.2) is 24.3 Å². The second-order valence-electron chi connectivity index (χ2n) is 3.07. The van der Waals surface area contributed by atoms with Gasteiger partial charge in [0, 0.05) is 6.42 Å². The van der Waals surface area contributed by atoms with Crippen LogP contribution in [0.2, 0.25) is 0 Å². The summed E-state index contributed by atoms with van der Waals surface area (Å²) in [4.78, 5) is 10.2. The minimum absolute atomic E-state index is 0.306. The lowest BCUT2D eigenvalue weighted by Gasteiger charge is -2.02. The molecule has 1 aliphatic carbocycles. The number of aliphatic carboxylic acids is 1. The van der Waals surface area contributed by atoms with Gasteiger partial charge in [-0.2, -0.15) is 0 Å². The summed E-state index contributed by atoms with van der Waals surface area (Å²) in [6.07, 6.45) is 11.6. The van der Waals surface area contributed by atoms with Gasteiger partial charge in [-0.15, -0.1) is 0 Å². The molecule has 0 aromatic rings. The predicted molar refractivity (Wildman–Crippen MR) is 47.9 cm³/mol. The standard InChI is InChI=1S/C10H14O2/c11-10(12)8-4-3-7-9-5-1-2-6-9/h1-2,5-6,9H,3-4,7-8H2,(H,11,12). The Kier molecular flexibility index (Phi) is 3.58. The van der Waals surface area contributed by atoms with E-state index in [0.717, 1.165) is 19.3 Å². The van der Waals surface area contributed by atoms with Gasteiger partial charge in [0.2, 0.25) is 0 Å². The molecular formula is C10H14O2. The number of unbranched alkanes of at least 4 members (excludes halogenated alkanes) is 1. The van der Waals surface area contributed by atoms with Gasteiger partial charge < -0.3 is 5.11 Å². The molecule has 0 saturated carbocycles. The molecule has 2 heteroatoms. The SMILES string of the molecule is O=C(O)CCCCC1C=CC=C1. The molecule has 66 valence electrons. The minimum atomic E-state index is -0.687. The highest BCUT2D eigenvalue weighted by atomic mass is 16.4. The highest BCUT2D eigenvalue weighted by Gasteiger charge is 2.03. The van der Waals surface area contributed by atoms with Crippen LogP contribution in [-0.4, -0.2) is 11.1 Å². The van der Waals surface area contributed by atoms with Crippen molar-refractivity contribution in [2.24, 2.45) is 5.92 Å². The summed E-state index contributed by atoms with van der Waals surface area (Å²) in [5.41, 5.74) is 0. The van der Waals surface area contributed by atoms with Crippen LogP contribution in [0.5, 0.6) is 0 Å². The van der Waals surface area contributed by atoms with Crippen LogP contribution in [0.3, 0.4) is 0 Å². The van der Waals surface area contributed by atoms with Gasteiger partial charge in [0.25, 0.3) is 0 Å². The van der Waals surface area contributed by atoms with Gasteiger partial charge in [-0.3, -0.25) is 4.79 Å². The van der Waals surface area contributed by atoms with E-state index in [0.29, 0.717) is 12.3 Å². The highest BCUT2D eigenvalue weighted by Crippen LogP contribution is 2.16. The van der Waals surface area contributed by atoms with Crippen molar-refractivity contribution in [2.45, 2.75) is 25.7 Å².